The minimum atomic E-state index is -3.51. The molecule has 0 fully saturated rings. The number of fused-ring (bicyclic) bond motifs is 1. The first kappa shape index (κ1) is 13.9. The molecule has 2 aromatic rings. The molecule has 0 bridgehead atoms. The van der Waals surface area contributed by atoms with E-state index in [4.69, 9.17) is 11.6 Å². The number of hydrogen-bond acceptors (Lipinski definition) is 3. The van der Waals surface area contributed by atoms with Crippen molar-refractivity contribution in [3.05, 3.63) is 46.2 Å². The molecule has 2 heterocycles. The summed E-state index contributed by atoms with van der Waals surface area (Å²) in [7, 11) is -3.51. The van der Waals surface area contributed by atoms with Crippen molar-refractivity contribution in [1.82, 2.24) is 0 Å². The molecule has 3 nitrogen and oxygen atoms in total. The predicted octanol–water partition coefficient (Wildman–Crippen LogP) is 3.63. The molecule has 0 radical (unpaired) electrons. The maximum atomic E-state index is 12.8. The van der Waals surface area contributed by atoms with Gasteiger partial charge >= 0.3 is 0 Å². The number of sulfonamides is 1. The van der Waals surface area contributed by atoms with Crippen molar-refractivity contribution in [2.24, 2.45) is 0 Å². The Morgan fingerprint density at radius 1 is 1.40 bits per heavy atom. The maximum absolute atomic E-state index is 12.8. The zero-order valence-electron chi connectivity index (χ0n) is 10.9. The van der Waals surface area contributed by atoms with Crippen LogP contribution in [0.2, 0.25) is 0 Å². The van der Waals surface area contributed by atoms with Gasteiger partial charge in [-0.15, -0.1) is 22.9 Å². The maximum Gasteiger partial charge on any atom is 0.265 e. The van der Waals surface area contributed by atoms with Crippen LogP contribution in [0.3, 0.4) is 0 Å². The molecule has 0 saturated heterocycles. The van der Waals surface area contributed by atoms with E-state index in [9.17, 15) is 8.42 Å². The molecule has 0 aliphatic carbocycles. The normalized spacial score (nSPS) is 18.3. The molecule has 1 unspecified atom stereocenters. The number of nitrogens with zero attached hydrogens (tertiary/aromatic N) is 1. The van der Waals surface area contributed by atoms with E-state index in [-0.39, 0.29) is 6.04 Å². The van der Waals surface area contributed by atoms with E-state index in [1.807, 2.05) is 31.2 Å². The number of hydrogen-bond donors (Lipinski definition) is 0. The van der Waals surface area contributed by atoms with Crippen molar-refractivity contribution in [2.75, 3.05) is 4.31 Å². The molecular weight excluding hydrogens is 314 g/mol. The molecule has 0 N–H and O–H groups in total. The Balaban J connectivity index is 2.07. The minimum Gasteiger partial charge on any atom is -0.263 e. The van der Waals surface area contributed by atoms with Crippen molar-refractivity contribution >= 4 is 38.6 Å². The second kappa shape index (κ2) is 5.06. The SMILES string of the molecule is CC1Cc2ccccc2N1S(=O)(=O)c1csc(CCl)c1. The van der Waals surface area contributed by atoms with E-state index >= 15 is 0 Å². The molecule has 1 aliphatic rings. The van der Waals surface area contributed by atoms with Crippen LogP contribution >= 0.6 is 22.9 Å². The highest BCUT2D eigenvalue weighted by molar-refractivity contribution is 7.93. The van der Waals surface area contributed by atoms with E-state index in [1.54, 1.807) is 11.4 Å². The van der Waals surface area contributed by atoms with E-state index < -0.39 is 10.0 Å². The van der Waals surface area contributed by atoms with Gasteiger partial charge in [0.25, 0.3) is 10.0 Å². The average Bonchev–Trinajstić information content (AvgIpc) is 3.01. The number of rotatable bonds is 3. The molecule has 1 aromatic heterocycles. The quantitative estimate of drug-likeness (QED) is 0.807. The third-order valence-corrected chi connectivity index (χ3v) is 6.90. The van der Waals surface area contributed by atoms with E-state index in [0.29, 0.717) is 10.8 Å². The Labute approximate surface area is 127 Å². The highest BCUT2D eigenvalue weighted by Crippen LogP contribution is 2.37. The summed E-state index contributed by atoms with van der Waals surface area (Å²) >= 11 is 7.14. The summed E-state index contributed by atoms with van der Waals surface area (Å²) in [6.07, 6.45) is 0.752. The third kappa shape index (κ3) is 2.14. The Kier molecular flexibility index (Phi) is 3.52. The molecule has 0 saturated carbocycles. The number of alkyl halides is 1. The number of thiophene rings is 1. The first-order valence-electron chi connectivity index (χ1n) is 6.30. The fraction of sp³-hybridized carbons (Fsp3) is 0.286. The topological polar surface area (TPSA) is 37.4 Å². The van der Waals surface area contributed by atoms with Gasteiger partial charge < -0.3 is 0 Å². The van der Waals surface area contributed by atoms with Crippen molar-refractivity contribution in [2.45, 2.75) is 30.2 Å². The van der Waals surface area contributed by atoms with Gasteiger partial charge in [0, 0.05) is 16.3 Å². The molecule has 1 aromatic carbocycles. The first-order chi connectivity index (χ1) is 9.54. The van der Waals surface area contributed by atoms with Crippen LogP contribution in [-0.4, -0.2) is 14.5 Å². The fourth-order valence-electron chi connectivity index (χ4n) is 2.58. The van der Waals surface area contributed by atoms with E-state index in [1.165, 1.54) is 15.6 Å². The van der Waals surface area contributed by atoms with Crippen molar-refractivity contribution in [3.8, 4) is 0 Å². The standard InChI is InChI=1S/C14H14ClNO2S2/c1-10-6-11-4-2-3-5-14(11)16(10)20(17,18)13-7-12(8-15)19-9-13/h2-5,7,9-10H,6,8H2,1H3. The second-order valence-corrected chi connectivity index (χ2v) is 7.94. The highest BCUT2D eigenvalue weighted by atomic mass is 35.5. The van der Waals surface area contributed by atoms with Gasteiger partial charge in [0.05, 0.1) is 16.5 Å². The lowest BCUT2D eigenvalue weighted by molar-refractivity contribution is 0.584. The van der Waals surface area contributed by atoms with Crippen LogP contribution in [0, 0.1) is 0 Å². The largest absolute Gasteiger partial charge is 0.265 e. The van der Waals surface area contributed by atoms with Gasteiger partial charge in [0.15, 0.2) is 0 Å². The Hall–Kier alpha value is -1.04. The van der Waals surface area contributed by atoms with Gasteiger partial charge in [-0.25, -0.2) is 8.42 Å². The molecule has 3 rings (SSSR count). The predicted molar refractivity (Wildman–Crippen MR) is 83.1 cm³/mol. The van der Waals surface area contributed by atoms with Crippen LogP contribution in [0.25, 0.3) is 0 Å². The summed E-state index contributed by atoms with van der Waals surface area (Å²) in [6.45, 7) is 1.94. The van der Waals surface area contributed by atoms with Crippen molar-refractivity contribution < 1.29 is 8.42 Å². The molecule has 20 heavy (non-hydrogen) atoms. The summed E-state index contributed by atoms with van der Waals surface area (Å²) in [4.78, 5) is 1.20. The summed E-state index contributed by atoms with van der Waals surface area (Å²) in [5.74, 6) is 0.340. The van der Waals surface area contributed by atoms with Crippen molar-refractivity contribution in [3.63, 3.8) is 0 Å². The van der Waals surface area contributed by atoms with Gasteiger partial charge in [0.2, 0.25) is 0 Å². The fourth-order valence-corrected chi connectivity index (χ4v) is 5.65. The molecular formula is C14H14ClNO2S2. The number of para-hydroxylation sites is 1. The van der Waals surface area contributed by atoms with Crippen LogP contribution < -0.4 is 4.31 Å². The second-order valence-electron chi connectivity index (χ2n) is 4.87. The lowest BCUT2D eigenvalue weighted by Crippen LogP contribution is -2.35. The van der Waals surface area contributed by atoms with Gasteiger partial charge in [-0.1, -0.05) is 18.2 Å². The average molecular weight is 328 g/mol. The monoisotopic (exact) mass is 327 g/mol. The summed E-state index contributed by atoms with van der Waals surface area (Å²) in [5, 5.41) is 1.67. The summed E-state index contributed by atoms with van der Waals surface area (Å²) in [5.41, 5.74) is 1.87. The highest BCUT2D eigenvalue weighted by Gasteiger charge is 2.36. The van der Waals surface area contributed by atoms with Gasteiger partial charge in [-0.05, 0) is 31.0 Å². The van der Waals surface area contributed by atoms with Crippen LogP contribution in [0.15, 0.2) is 40.6 Å². The molecule has 0 spiro atoms. The van der Waals surface area contributed by atoms with Crippen LogP contribution in [-0.2, 0) is 22.3 Å². The van der Waals surface area contributed by atoms with Crippen molar-refractivity contribution in [1.29, 1.82) is 0 Å². The van der Waals surface area contributed by atoms with E-state index in [2.05, 4.69) is 0 Å². The van der Waals surface area contributed by atoms with Crippen LogP contribution in [0.5, 0.6) is 0 Å². The summed E-state index contributed by atoms with van der Waals surface area (Å²) < 4.78 is 27.2. The number of anilines is 1. The zero-order valence-corrected chi connectivity index (χ0v) is 13.3. The summed E-state index contributed by atoms with van der Waals surface area (Å²) in [6, 6.07) is 9.27. The Morgan fingerprint density at radius 2 is 2.15 bits per heavy atom. The Morgan fingerprint density at radius 3 is 2.85 bits per heavy atom. The third-order valence-electron chi connectivity index (χ3n) is 3.46. The van der Waals surface area contributed by atoms with Gasteiger partial charge in [-0.3, -0.25) is 4.31 Å². The smallest absolute Gasteiger partial charge is 0.263 e. The van der Waals surface area contributed by atoms with Crippen LogP contribution in [0.1, 0.15) is 17.4 Å². The number of benzene rings is 1. The van der Waals surface area contributed by atoms with Gasteiger partial charge in [0.1, 0.15) is 0 Å². The Bertz CT molecular complexity index is 739. The molecule has 6 heteroatoms. The zero-order chi connectivity index (χ0) is 14.3. The van der Waals surface area contributed by atoms with Gasteiger partial charge in [-0.2, -0.15) is 0 Å². The molecule has 1 atom stereocenters. The first-order valence-corrected chi connectivity index (χ1v) is 9.15. The van der Waals surface area contributed by atoms with E-state index in [0.717, 1.165) is 22.5 Å². The molecule has 0 amide bonds. The lowest BCUT2D eigenvalue weighted by Gasteiger charge is -2.23. The minimum absolute atomic E-state index is 0.0586. The lowest BCUT2D eigenvalue weighted by atomic mass is 10.1. The van der Waals surface area contributed by atoms with Crippen LogP contribution in [0.4, 0.5) is 5.69 Å². The number of halogens is 1. The molecule has 106 valence electrons. The molecule has 1 aliphatic heterocycles.